The maximum absolute atomic E-state index is 11.7. The number of benzene rings is 2. The number of ether oxygens (including phenoxy) is 2. The number of fused-ring (bicyclic) bond motifs is 1. The Morgan fingerprint density at radius 2 is 1.81 bits per heavy atom. The van der Waals surface area contributed by atoms with Crippen LogP contribution in [-0.2, 0) is 13.0 Å². The second kappa shape index (κ2) is 8.08. The lowest BCUT2D eigenvalue weighted by molar-refractivity contribution is 0.101. The topological polar surface area (TPSA) is 65.7 Å². The third kappa shape index (κ3) is 4.19. The van der Waals surface area contributed by atoms with Crippen LogP contribution in [0.1, 0.15) is 42.3 Å². The minimum atomic E-state index is -0.371. The average molecular weight is 366 g/mol. The maximum atomic E-state index is 11.7. The number of aryl methyl sites for hydroxylation is 1. The van der Waals surface area contributed by atoms with Crippen LogP contribution in [0.5, 0.6) is 11.5 Å². The third-order valence-electron chi connectivity index (χ3n) is 4.34. The fourth-order valence-electron chi connectivity index (χ4n) is 2.96. The van der Waals surface area contributed by atoms with E-state index in [1.54, 1.807) is 24.3 Å². The van der Waals surface area contributed by atoms with Crippen LogP contribution in [0, 0.1) is 0 Å². The summed E-state index contributed by atoms with van der Waals surface area (Å²) in [4.78, 5) is 23.4. The molecule has 0 aliphatic carbocycles. The molecule has 140 valence electrons. The van der Waals surface area contributed by atoms with E-state index in [4.69, 9.17) is 13.9 Å². The fraction of sp³-hybridized carbons (Fsp3) is 0.273. The van der Waals surface area contributed by atoms with Crippen LogP contribution < -0.4 is 15.1 Å². The zero-order chi connectivity index (χ0) is 19.4. The SMILES string of the molecule is CCOc1ccc(C(C)=O)cc1COc1ccc2c(CC)cc(=O)oc2c1. The molecule has 2 aromatic carbocycles. The minimum absolute atomic E-state index is 0.0149. The first kappa shape index (κ1) is 18.7. The molecule has 0 saturated heterocycles. The molecular formula is C22H22O5. The van der Waals surface area contributed by atoms with Gasteiger partial charge in [0, 0.05) is 28.6 Å². The Kier molecular flexibility index (Phi) is 5.60. The third-order valence-corrected chi connectivity index (χ3v) is 4.34. The molecule has 0 bridgehead atoms. The van der Waals surface area contributed by atoms with Crippen molar-refractivity contribution in [3.05, 3.63) is 69.6 Å². The van der Waals surface area contributed by atoms with Gasteiger partial charge in [0.2, 0.25) is 0 Å². The Bertz CT molecular complexity index is 1030. The molecule has 0 aliphatic heterocycles. The van der Waals surface area contributed by atoms with E-state index in [0.717, 1.165) is 22.9 Å². The zero-order valence-corrected chi connectivity index (χ0v) is 15.7. The van der Waals surface area contributed by atoms with Crippen molar-refractivity contribution < 1.29 is 18.7 Å². The molecule has 0 amide bonds. The Labute approximate surface area is 157 Å². The summed E-state index contributed by atoms with van der Waals surface area (Å²) in [6, 6.07) is 12.3. The van der Waals surface area contributed by atoms with Crippen molar-refractivity contribution in [1.82, 2.24) is 0 Å². The number of hydrogen-bond acceptors (Lipinski definition) is 5. The molecule has 0 N–H and O–H groups in total. The largest absolute Gasteiger partial charge is 0.493 e. The van der Waals surface area contributed by atoms with Gasteiger partial charge in [-0.3, -0.25) is 4.79 Å². The Balaban J connectivity index is 1.89. The van der Waals surface area contributed by atoms with Crippen LogP contribution in [0.25, 0.3) is 11.0 Å². The molecule has 5 heteroatoms. The van der Waals surface area contributed by atoms with Crippen molar-refractivity contribution >= 4 is 16.8 Å². The zero-order valence-electron chi connectivity index (χ0n) is 15.7. The first-order chi connectivity index (χ1) is 13.0. The molecule has 0 radical (unpaired) electrons. The standard InChI is InChI=1S/C22H22O5/c1-4-15-11-22(24)27-21-12-18(7-8-19(15)21)26-13-17-10-16(14(3)23)6-9-20(17)25-5-2/h6-12H,4-5,13H2,1-3H3. The van der Waals surface area contributed by atoms with Crippen LogP contribution in [0.4, 0.5) is 0 Å². The van der Waals surface area contributed by atoms with E-state index in [0.29, 0.717) is 29.3 Å². The van der Waals surface area contributed by atoms with Crippen molar-refractivity contribution in [2.75, 3.05) is 6.61 Å². The second-order valence-electron chi connectivity index (χ2n) is 6.20. The van der Waals surface area contributed by atoms with Crippen LogP contribution in [0.3, 0.4) is 0 Å². The Morgan fingerprint density at radius 1 is 1.00 bits per heavy atom. The lowest BCUT2D eigenvalue weighted by Gasteiger charge is -2.13. The monoisotopic (exact) mass is 366 g/mol. The van der Waals surface area contributed by atoms with Gasteiger partial charge >= 0.3 is 5.63 Å². The van der Waals surface area contributed by atoms with E-state index >= 15 is 0 Å². The summed E-state index contributed by atoms with van der Waals surface area (Å²) in [5.74, 6) is 1.25. The molecule has 5 nitrogen and oxygen atoms in total. The predicted octanol–water partition coefficient (Wildman–Crippen LogP) is 4.54. The van der Waals surface area contributed by atoms with Crippen LogP contribution in [0.15, 0.2) is 51.7 Å². The van der Waals surface area contributed by atoms with Gasteiger partial charge in [-0.25, -0.2) is 4.79 Å². The van der Waals surface area contributed by atoms with Gasteiger partial charge in [0.1, 0.15) is 23.7 Å². The number of hydrogen-bond donors (Lipinski definition) is 0. The smallest absolute Gasteiger partial charge is 0.336 e. The Hall–Kier alpha value is -3.08. The molecule has 1 aromatic heterocycles. The highest BCUT2D eigenvalue weighted by atomic mass is 16.5. The molecular weight excluding hydrogens is 344 g/mol. The quantitative estimate of drug-likeness (QED) is 0.454. The fourth-order valence-corrected chi connectivity index (χ4v) is 2.96. The molecule has 0 fully saturated rings. The van der Waals surface area contributed by atoms with Crippen LogP contribution >= 0.6 is 0 Å². The highest BCUT2D eigenvalue weighted by Gasteiger charge is 2.10. The number of rotatable bonds is 7. The van der Waals surface area contributed by atoms with Gasteiger partial charge in [0.05, 0.1) is 6.61 Å². The molecule has 0 aliphatic rings. The van der Waals surface area contributed by atoms with Gasteiger partial charge in [-0.2, -0.15) is 0 Å². The van der Waals surface area contributed by atoms with E-state index < -0.39 is 0 Å². The summed E-state index contributed by atoms with van der Waals surface area (Å²) in [5.41, 5.74) is 2.46. The van der Waals surface area contributed by atoms with Crippen molar-refractivity contribution in [3.63, 3.8) is 0 Å². The number of carbonyl (C=O) groups is 1. The van der Waals surface area contributed by atoms with E-state index in [-0.39, 0.29) is 18.0 Å². The molecule has 0 spiro atoms. The summed E-state index contributed by atoms with van der Waals surface area (Å²) in [6.07, 6.45) is 0.748. The van der Waals surface area contributed by atoms with Crippen molar-refractivity contribution in [1.29, 1.82) is 0 Å². The summed E-state index contributed by atoms with van der Waals surface area (Å²) in [7, 11) is 0. The first-order valence-corrected chi connectivity index (χ1v) is 8.98. The molecule has 0 unspecified atom stereocenters. The summed E-state index contributed by atoms with van der Waals surface area (Å²) in [6.45, 7) is 6.18. The highest BCUT2D eigenvalue weighted by molar-refractivity contribution is 5.94. The molecule has 27 heavy (non-hydrogen) atoms. The molecule has 0 saturated carbocycles. The van der Waals surface area contributed by atoms with E-state index in [1.807, 2.05) is 26.0 Å². The van der Waals surface area contributed by atoms with Gasteiger partial charge in [-0.05, 0) is 56.2 Å². The highest BCUT2D eigenvalue weighted by Crippen LogP contribution is 2.26. The van der Waals surface area contributed by atoms with Crippen molar-refractivity contribution in [2.45, 2.75) is 33.8 Å². The lowest BCUT2D eigenvalue weighted by atomic mass is 10.1. The Morgan fingerprint density at radius 3 is 2.52 bits per heavy atom. The van der Waals surface area contributed by atoms with Crippen LogP contribution in [0.2, 0.25) is 0 Å². The van der Waals surface area contributed by atoms with Gasteiger partial charge < -0.3 is 13.9 Å². The van der Waals surface area contributed by atoms with E-state index in [2.05, 4.69) is 0 Å². The van der Waals surface area contributed by atoms with Crippen molar-refractivity contribution in [2.24, 2.45) is 0 Å². The van der Waals surface area contributed by atoms with Gasteiger partial charge in [0.25, 0.3) is 0 Å². The summed E-state index contributed by atoms with van der Waals surface area (Å²) in [5, 5.41) is 0.901. The van der Waals surface area contributed by atoms with Gasteiger partial charge in [-0.1, -0.05) is 6.92 Å². The lowest BCUT2D eigenvalue weighted by Crippen LogP contribution is -2.04. The normalized spacial score (nSPS) is 10.8. The van der Waals surface area contributed by atoms with Gasteiger partial charge in [-0.15, -0.1) is 0 Å². The van der Waals surface area contributed by atoms with Crippen molar-refractivity contribution in [3.8, 4) is 11.5 Å². The number of Topliss-reactive ketones (excluding diaryl/α,β-unsaturated/α-hetero) is 1. The van der Waals surface area contributed by atoms with E-state index in [9.17, 15) is 9.59 Å². The number of ketones is 1. The maximum Gasteiger partial charge on any atom is 0.336 e. The van der Waals surface area contributed by atoms with Crippen LogP contribution in [-0.4, -0.2) is 12.4 Å². The molecule has 1 heterocycles. The number of carbonyl (C=O) groups excluding carboxylic acids is 1. The molecule has 3 aromatic rings. The summed E-state index contributed by atoms with van der Waals surface area (Å²) >= 11 is 0. The predicted molar refractivity (Wildman–Crippen MR) is 104 cm³/mol. The first-order valence-electron chi connectivity index (χ1n) is 8.98. The average Bonchev–Trinajstić information content (AvgIpc) is 2.66. The summed E-state index contributed by atoms with van der Waals surface area (Å²) < 4.78 is 16.8. The second-order valence-corrected chi connectivity index (χ2v) is 6.20. The molecule has 0 atom stereocenters. The minimum Gasteiger partial charge on any atom is -0.493 e. The molecule has 3 rings (SSSR count). The van der Waals surface area contributed by atoms with Gasteiger partial charge in [0.15, 0.2) is 5.78 Å². The van der Waals surface area contributed by atoms with E-state index in [1.165, 1.54) is 13.0 Å².